The molecule has 0 saturated carbocycles. The maximum Gasteiger partial charge on any atom is 0.308 e. The highest BCUT2D eigenvalue weighted by molar-refractivity contribution is 5.79. The van der Waals surface area contributed by atoms with E-state index in [0.717, 1.165) is 36.1 Å². The fourth-order valence-corrected chi connectivity index (χ4v) is 5.83. The number of carboxylic acids is 1. The Kier molecular flexibility index (Phi) is 9.17. The Bertz CT molecular complexity index is 1090. The third-order valence-electron chi connectivity index (χ3n) is 7.86. The largest absolute Gasteiger partial charge is 0.494 e. The van der Waals surface area contributed by atoms with Gasteiger partial charge < -0.3 is 30.7 Å². The van der Waals surface area contributed by atoms with Crippen LogP contribution >= 0.6 is 0 Å². The first-order valence-electron chi connectivity index (χ1n) is 13.6. The second kappa shape index (κ2) is 12.5. The third-order valence-corrected chi connectivity index (χ3v) is 7.86. The molecular weight excluding hydrogens is 488 g/mol. The van der Waals surface area contributed by atoms with Gasteiger partial charge in [0, 0.05) is 56.7 Å². The Hall–Kier alpha value is -3.24. The van der Waals surface area contributed by atoms with E-state index in [4.69, 9.17) is 10.5 Å². The molecule has 3 heterocycles. The summed E-state index contributed by atoms with van der Waals surface area (Å²) in [5.41, 5.74) is 7.71. The number of rotatable bonds is 13. The van der Waals surface area contributed by atoms with Gasteiger partial charge in [-0.1, -0.05) is 25.5 Å². The van der Waals surface area contributed by atoms with E-state index in [2.05, 4.69) is 6.92 Å². The standard InChI is InChI=1S/C28H40N4O6/c1-2-3-12-30(13-4-11-29)26(35)18-31-17-21(19-5-6-23-20(16-19)10-15-38-23)27(28(36)37)22(31)9-14-32-24(33)7-8-25(32)34/h5-8,16,21-22,27,33-34H,2-4,9-15,17-18,29H2,1H3,(H,36,37)/t21-,22+,27-/m1/s1. The minimum absolute atomic E-state index is 0.0318. The zero-order valence-electron chi connectivity index (χ0n) is 22.1. The number of hydrogen-bond donors (Lipinski definition) is 4. The van der Waals surface area contributed by atoms with Gasteiger partial charge in [0.05, 0.1) is 19.1 Å². The Morgan fingerprint density at radius 1 is 1.13 bits per heavy atom. The van der Waals surface area contributed by atoms with Gasteiger partial charge in [0.2, 0.25) is 5.91 Å². The van der Waals surface area contributed by atoms with Crippen molar-refractivity contribution in [2.75, 3.05) is 39.3 Å². The number of unbranched alkanes of at least 4 members (excludes halogenated alkanes) is 1. The number of ether oxygens (including phenoxy) is 1. The summed E-state index contributed by atoms with van der Waals surface area (Å²) in [6, 6.07) is 8.23. The average molecular weight is 529 g/mol. The molecular formula is C28H40N4O6. The van der Waals surface area contributed by atoms with Crippen LogP contribution < -0.4 is 10.5 Å². The molecule has 10 heteroatoms. The number of carboxylic acid groups (broad SMARTS) is 1. The average Bonchev–Trinajstić information content (AvgIpc) is 3.59. The Balaban J connectivity index is 1.61. The van der Waals surface area contributed by atoms with Crippen molar-refractivity contribution in [1.29, 1.82) is 0 Å². The van der Waals surface area contributed by atoms with Crippen LogP contribution in [-0.4, -0.2) is 86.9 Å². The van der Waals surface area contributed by atoms with Gasteiger partial charge >= 0.3 is 5.97 Å². The summed E-state index contributed by atoms with van der Waals surface area (Å²) in [7, 11) is 0. The minimum Gasteiger partial charge on any atom is -0.494 e. The van der Waals surface area contributed by atoms with Crippen molar-refractivity contribution in [3.63, 3.8) is 0 Å². The van der Waals surface area contributed by atoms with Crippen molar-refractivity contribution in [1.82, 2.24) is 14.4 Å². The molecule has 3 atom stereocenters. The Morgan fingerprint density at radius 3 is 2.55 bits per heavy atom. The van der Waals surface area contributed by atoms with Crippen LogP contribution in [0.15, 0.2) is 30.3 Å². The van der Waals surface area contributed by atoms with Gasteiger partial charge in [0.15, 0.2) is 11.8 Å². The lowest BCUT2D eigenvalue weighted by molar-refractivity contribution is -0.144. The van der Waals surface area contributed by atoms with Gasteiger partial charge in [-0.05, 0) is 43.0 Å². The van der Waals surface area contributed by atoms with E-state index in [0.29, 0.717) is 45.6 Å². The Morgan fingerprint density at radius 2 is 1.87 bits per heavy atom. The zero-order valence-corrected chi connectivity index (χ0v) is 22.1. The first-order chi connectivity index (χ1) is 18.3. The van der Waals surface area contributed by atoms with Crippen molar-refractivity contribution in [3.05, 3.63) is 41.5 Å². The van der Waals surface area contributed by atoms with Crippen molar-refractivity contribution < 1.29 is 29.6 Å². The predicted molar refractivity (Wildman–Crippen MR) is 142 cm³/mol. The highest BCUT2D eigenvalue weighted by Gasteiger charge is 2.47. The summed E-state index contributed by atoms with van der Waals surface area (Å²) >= 11 is 0. The number of benzene rings is 1. The third kappa shape index (κ3) is 6.07. The van der Waals surface area contributed by atoms with Gasteiger partial charge in [-0.3, -0.25) is 19.1 Å². The van der Waals surface area contributed by atoms with Crippen LogP contribution in [0.25, 0.3) is 0 Å². The Labute approximate surface area is 223 Å². The van der Waals surface area contributed by atoms with Crippen LogP contribution in [0.5, 0.6) is 17.5 Å². The fraction of sp³-hybridized carbons (Fsp3) is 0.571. The van der Waals surface area contributed by atoms with Gasteiger partial charge in [-0.2, -0.15) is 0 Å². The summed E-state index contributed by atoms with van der Waals surface area (Å²) in [4.78, 5) is 30.0. The van der Waals surface area contributed by atoms with E-state index in [-0.39, 0.29) is 36.7 Å². The highest BCUT2D eigenvalue weighted by Crippen LogP contribution is 2.41. The van der Waals surface area contributed by atoms with Gasteiger partial charge in [0.25, 0.3) is 0 Å². The van der Waals surface area contributed by atoms with Crippen molar-refractivity contribution in [3.8, 4) is 17.5 Å². The summed E-state index contributed by atoms with van der Waals surface area (Å²) in [6.07, 6.45) is 3.71. The maximum absolute atomic E-state index is 13.5. The lowest BCUT2D eigenvalue weighted by Crippen LogP contribution is -2.45. The molecule has 1 amide bonds. The quantitative estimate of drug-likeness (QED) is 0.311. The summed E-state index contributed by atoms with van der Waals surface area (Å²) in [6.45, 7) is 5.18. The summed E-state index contributed by atoms with van der Waals surface area (Å²) in [5.74, 6) is -1.34. The van der Waals surface area contributed by atoms with Crippen LogP contribution in [0.1, 0.15) is 49.7 Å². The summed E-state index contributed by atoms with van der Waals surface area (Å²) in [5, 5.41) is 30.7. The molecule has 1 saturated heterocycles. The van der Waals surface area contributed by atoms with Gasteiger partial charge in [0.1, 0.15) is 5.75 Å². The number of likely N-dealkylation sites (tertiary alicyclic amines) is 1. The number of carbonyl (C=O) groups is 2. The van der Waals surface area contributed by atoms with Crippen LogP contribution in [0.3, 0.4) is 0 Å². The molecule has 0 aliphatic carbocycles. The molecule has 0 radical (unpaired) electrons. The van der Waals surface area contributed by atoms with Crippen molar-refractivity contribution in [2.45, 2.75) is 57.5 Å². The number of aromatic hydroxyl groups is 2. The molecule has 0 spiro atoms. The number of aromatic nitrogens is 1. The smallest absolute Gasteiger partial charge is 0.308 e. The first kappa shape index (κ1) is 27.8. The molecule has 2 aromatic rings. The molecule has 38 heavy (non-hydrogen) atoms. The molecule has 2 aliphatic heterocycles. The van der Waals surface area contributed by atoms with E-state index in [1.165, 1.54) is 16.7 Å². The number of aliphatic carboxylic acids is 1. The van der Waals surface area contributed by atoms with Crippen molar-refractivity contribution in [2.24, 2.45) is 11.7 Å². The second-order valence-electron chi connectivity index (χ2n) is 10.3. The number of nitrogens with zero attached hydrogens (tertiary/aromatic N) is 3. The van der Waals surface area contributed by atoms with Crippen LogP contribution in [0.4, 0.5) is 0 Å². The molecule has 10 nitrogen and oxygen atoms in total. The van der Waals surface area contributed by atoms with Crippen LogP contribution in [-0.2, 0) is 22.6 Å². The van der Waals surface area contributed by atoms with E-state index in [1.54, 1.807) is 0 Å². The SMILES string of the molecule is CCCCN(CCCN)C(=O)CN1C[C@H](c2ccc3c(c2)CCO3)[C@@H](C(=O)O)[C@@H]1CCn1c(O)ccc1O. The normalized spacial score (nSPS) is 20.8. The highest BCUT2D eigenvalue weighted by atomic mass is 16.5. The minimum atomic E-state index is -0.918. The summed E-state index contributed by atoms with van der Waals surface area (Å²) < 4.78 is 7.00. The topological polar surface area (TPSA) is 141 Å². The zero-order chi connectivity index (χ0) is 27.2. The molecule has 0 bridgehead atoms. The van der Waals surface area contributed by atoms with Crippen LogP contribution in [0, 0.1) is 5.92 Å². The monoisotopic (exact) mass is 528 g/mol. The molecule has 2 aliphatic rings. The van der Waals surface area contributed by atoms with E-state index >= 15 is 0 Å². The first-order valence-corrected chi connectivity index (χ1v) is 13.6. The van der Waals surface area contributed by atoms with E-state index in [9.17, 15) is 24.9 Å². The number of nitrogens with two attached hydrogens (primary N) is 1. The van der Waals surface area contributed by atoms with Crippen molar-refractivity contribution >= 4 is 11.9 Å². The number of hydrogen-bond acceptors (Lipinski definition) is 7. The van der Waals surface area contributed by atoms with Gasteiger partial charge in [-0.25, -0.2) is 0 Å². The van der Waals surface area contributed by atoms with E-state index < -0.39 is 17.9 Å². The predicted octanol–water partition coefficient (Wildman–Crippen LogP) is 2.37. The molecule has 1 fully saturated rings. The molecule has 1 aromatic carbocycles. The van der Waals surface area contributed by atoms with Crippen LogP contribution in [0.2, 0.25) is 0 Å². The second-order valence-corrected chi connectivity index (χ2v) is 10.3. The van der Waals surface area contributed by atoms with Gasteiger partial charge in [-0.15, -0.1) is 0 Å². The lowest BCUT2D eigenvalue weighted by Gasteiger charge is -2.30. The number of carbonyl (C=O) groups excluding carboxylic acids is 1. The molecule has 0 unspecified atom stereocenters. The molecule has 4 rings (SSSR count). The molecule has 5 N–H and O–H groups in total. The maximum atomic E-state index is 13.5. The number of amides is 1. The molecule has 208 valence electrons. The number of fused-ring (bicyclic) bond motifs is 1. The molecule has 1 aromatic heterocycles. The van der Waals surface area contributed by atoms with E-state index in [1.807, 2.05) is 28.0 Å². The lowest BCUT2D eigenvalue weighted by atomic mass is 9.83. The fourth-order valence-electron chi connectivity index (χ4n) is 5.83.